The summed E-state index contributed by atoms with van der Waals surface area (Å²) in [5, 5.41) is 12.4. The predicted octanol–water partition coefficient (Wildman–Crippen LogP) is 4.06. The van der Waals surface area contributed by atoms with Crippen molar-refractivity contribution in [2.24, 2.45) is 5.92 Å². The quantitative estimate of drug-likeness (QED) is 0.718. The van der Waals surface area contributed by atoms with Gasteiger partial charge in [0.1, 0.15) is 4.88 Å². The first-order valence-corrected chi connectivity index (χ1v) is 7.93. The van der Waals surface area contributed by atoms with Crippen LogP contribution in [0, 0.1) is 12.8 Å². The number of rotatable bonds is 9. The molecule has 2 N–H and O–H groups in total. The second-order valence-corrected chi connectivity index (χ2v) is 6.30. The van der Waals surface area contributed by atoms with Crippen molar-refractivity contribution in [3.63, 3.8) is 0 Å². The number of hydrogen-bond acceptors (Lipinski definition) is 3. The molecule has 0 saturated heterocycles. The molecule has 19 heavy (non-hydrogen) atoms. The molecule has 0 saturated carbocycles. The number of aromatic carboxylic acids is 1. The topological polar surface area (TPSA) is 49.3 Å². The Labute approximate surface area is 120 Å². The maximum absolute atomic E-state index is 10.9. The lowest BCUT2D eigenvalue weighted by Crippen LogP contribution is -2.22. The van der Waals surface area contributed by atoms with E-state index >= 15 is 0 Å². The number of carbonyl (C=O) groups is 1. The summed E-state index contributed by atoms with van der Waals surface area (Å²) in [5.41, 5.74) is 1.12. The number of thiophene rings is 1. The van der Waals surface area contributed by atoms with Gasteiger partial charge in [-0.05, 0) is 37.4 Å². The van der Waals surface area contributed by atoms with Gasteiger partial charge in [-0.25, -0.2) is 4.79 Å². The van der Waals surface area contributed by atoms with Crippen molar-refractivity contribution in [2.75, 3.05) is 6.54 Å². The number of hydrogen-bond donors (Lipinski definition) is 2. The average Bonchev–Trinajstić information content (AvgIpc) is 2.75. The molecule has 108 valence electrons. The number of unbranched alkanes of at least 4 members (excludes halogenated alkanes) is 1. The SMILES string of the molecule is CCCCC(CC)CNCc1cc(C(=O)O)sc1C. The summed E-state index contributed by atoms with van der Waals surface area (Å²) >= 11 is 1.36. The maximum Gasteiger partial charge on any atom is 0.345 e. The van der Waals surface area contributed by atoms with Gasteiger partial charge in [-0.1, -0.05) is 33.1 Å². The van der Waals surface area contributed by atoms with Gasteiger partial charge in [0.25, 0.3) is 0 Å². The standard InChI is InChI=1S/C15H25NO2S/c1-4-6-7-12(5-2)9-16-10-13-8-14(15(17)18)19-11(13)3/h8,12,16H,4-7,9-10H2,1-3H3,(H,17,18). The van der Waals surface area contributed by atoms with Gasteiger partial charge in [0.15, 0.2) is 0 Å². The van der Waals surface area contributed by atoms with Crippen LogP contribution in [0.5, 0.6) is 0 Å². The summed E-state index contributed by atoms with van der Waals surface area (Å²) in [6, 6.07) is 1.79. The van der Waals surface area contributed by atoms with E-state index in [1.54, 1.807) is 6.07 Å². The van der Waals surface area contributed by atoms with Gasteiger partial charge in [-0.2, -0.15) is 0 Å². The van der Waals surface area contributed by atoms with Gasteiger partial charge in [0.05, 0.1) is 0 Å². The van der Waals surface area contributed by atoms with Gasteiger partial charge in [0, 0.05) is 11.4 Å². The highest BCUT2D eigenvalue weighted by atomic mass is 32.1. The van der Waals surface area contributed by atoms with Gasteiger partial charge >= 0.3 is 5.97 Å². The third-order valence-electron chi connectivity index (χ3n) is 3.52. The Balaban J connectivity index is 2.41. The molecule has 1 atom stereocenters. The Morgan fingerprint density at radius 3 is 2.74 bits per heavy atom. The summed E-state index contributed by atoms with van der Waals surface area (Å²) in [6.07, 6.45) is 5.03. The highest BCUT2D eigenvalue weighted by Gasteiger charge is 2.11. The summed E-state index contributed by atoms with van der Waals surface area (Å²) < 4.78 is 0. The van der Waals surface area contributed by atoms with E-state index in [0.717, 1.165) is 29.4 Å². The van der Waals surface area contributed by atoms with Crippen molar-refractivity contribution in [3.05, 3.63) is 21.4 Å². The molecular formula is C15H25NO2S. The van der Waals surface area contributed by atoms with E-state index in [1.807, 2.05) is 6.92 Å². The number of carboxylic acids is 1. The Hall–Kier alpha value is -0.870. The molecule has 1 aromatic heterocycles. The normalized spacial score (nSPS) is 12.6. The average molecular weight is 283 g/mol. The van der Waals surface area contributed by atoms with Crippen molar-refractivity contribution in [1.29, 1.82) is 0 Å². The molecule has 0 aliphatic carbocycles. The molecule has 0 fully saturated rings. The lowest BCUT2D eigenvalue weighted by Gasteiger charge is -2.15. The van der Waals surface area contributed by atoms with Crippen LogP contribution >= 0.6 is 11.3 Å². The van der Waals surface area contributed by atoms with Crippen molar-refractivity contribution in [2.45, 2.75) is 53.0 Å². The van der Waals surface area contributed by atoms with Crippen molar-refractivity contribution < 1.29 is 9.90 Å². The number of carboxylic acid groups (broad SMARTS) is 1. The molecule has 0 aromatic carbocycles. The first kappa shape index (κ1) is 16.2. The smallest absolute Gasteiger partial charge is 0.345 e. The van der Waals surface area contributed by atoms with E-state index in [4.69, 9.17) is 5.11 Å². The highest BCUT2D eigenvalue weighted by Crippen LogP contribution is 2.21. The summed E-state index contributed by atoms with van der Waals surface area (Å²) in [4.78, 5) is 12.4. The second-order valence-electron chi connectivity index (χ2n) is 5.04. The second kappa shape index (κ2) is 8.33. The van der Waals surface area contributed by atoms with Crippen LogP contribution in [0.15, 0.2) is 6.07 Å². The van der Waals surface area contributed by atoms with E-state index in [-0.39, 0.29) is 0 Å². The van der Waals surface area contributed by atoms with E-state index < -0.39 is 5.97 Å². The first-order chi connectivity index (χ1) is 9.08. The molecule has 1 unspecified atom stereocenters. The van der Waals surface area contributed by atoms with Crippen LogP contribution in [0.4, 0.5) is 0 Å². The lowest BCUT2D eigenvalue weighted by atomic mass is 9.99. The molecule has 3 nitrogen and oxygen atoms in total. The number of nitrogens with one attached hydrogen (secondary N) is 1. The minimum Gasteiger partial charge on any atom is -0.477 e. The molecule has 1 rings (SSSR count). The van der Waals surface area contributed by atoms with Crippen LogP contribution in [0.1, 0.15) is 59.6 Å². The van der Waals surface area contributed by atoms with E-state index in [1.165, 1.54) is 37.0 Å². The van der Waals surface area contributed by atoms with Crippen LogP contribution in [0.2, 0.25) is 0 Å². The summed E-state index contributed by atoms with van der Waals surface area (Å²) in [6.45, 7) is 8.25. The fourth-order valence-electron chi connectivity index (χ4n) is 2.16. The maximum atomic E-state index is 10.9. The third kappa shape index (κ3) is 5.33. The van der Waals surface area contributed by atoms with Gasteiger partial charge in [-0.3, -0.25) is 0 Å². The Kier molecular flexibility index (Phi) is 7.10. The molecule has 0 spiro atoms. The Bertz CT molecular complexity index is 401. The van der Waals surface area contributed by atoms with Crippen LogP contribution in [-0.4, -0.2) is 17.6 Å². The van der Waals surface area contributed by atoms with Crippen molar-refractivity contribution in [3.8, 4) is 0 Å². The molecule has 1 aromatic rings. The van der Waals surface area contributed by atoms with E-state index in [2.05, 4.69) is 19.2 Å². The Morgan fingerprint density at radius 1 is 1.47 bits per heavy atom. The molecule has 0 aliphatic heterocycles. The van der Waals surface area contributed by atoms with E-state index in [9.17, 15) is 4.79 Å². The summed E-state index contributed by atoms with van der Waals surface area (Å²) in [5.74, 6) is -0.0911. The molecular weight excluding hydrogens is 258 g/mol. The minimum absolute atomic E-state index is 0.437. The molecule has 0 aliphatic rings. The zero-order chi connectivity index (χ0) is 14.3. The van der Waals surface area contributed by atoms with Crippen LogP contribution in [-0.2, 0) is 6.54 Å². The van der Waals surface area contributed by atoms with Crippen LogP contribution < -0.4 is 5.32 Å². The van der Waals surface area contributed by atoms with Gasteiger partial charge < -0.3 is 10.4 Å². The zero-order valence-corrected chi connectivity index (χ0v) is 13.0. The van der Waals surface area contributed by atoms with Crippen molar-refractivity contribution in [1.82, 2.24) is 5.32 Å². The highest BCUT2D eigenvalue weighted by molar-refractivity contribution is 7.14. The fraction of sp³-hybridized carbons (Fsp3) is 0.667. The van der Waals surface area contributed by atoms with E-state index in [0.29, 0.717) is 4.88 Å². The molecule has 0 bridgehead atoms. The molecule has 1 heterocycles. The predicted molar refractivity (Wildman–Crippen MR) is 81.0 cm³/mol. The zero-order valence-electron chi connectivity index (χ0n) is 12.2. The summed E-state index contributed by atoms with van der Waals surface area (Å²) in [7, 11) is 0. The van der Waals surface area contributed by atoms with Gasteiger partial charge in [0.2, 0.25) is 0 Å². The minimum atomic E-state index is -0.825. The third-order valence-corrected chi connectivity index (χ3v) is 4.60. The van der Waals surface area contributed by atoms with Crippen molar-refractivity contribution >= 4 is 17.3 Å². The van der Waals surface area contributed by atoms with Crippen LogP contribution in [0.3, 0.4) is 0 Å². The molecule has 0 radical (unpaired) electrons. The number of aryl methyl sites for hydroxylation is 1. The fourth-order valence-corrected chi connectivity index (χ4v) is 3.04. The lowest BCUT2D eigenvalue weighted by molar-refractivity contribution is 0.0702. The monoisotopic (exact) mass is 283 g/mol. The Morgan fingerprint density at radius 2 is 2.21 bits per heavy atom. The van der Waals surface area contributed by atoms with Crippen LogP contribution in [0.25, 0.3) is 0 Å². The molecule has 4 heteroatoms. The molecule has 0 amide bonds. The largest absolute Gasteiger partial charge is 0.477 e. The first-order valence-electron chi connectivity index (χ1n) is 7.11. The van der Waals surface area contributed by atoms with Gasteiger partial charge in [-0.15, -0.1) is 11.3 Å².